The zero-order chi connectivity index (χ0) is 13.0. The molecule has 1 aromatic rings. The maximum Gasteiger partial charge on any atom is 0.123 e. The third kappa shape index (κ3) is 3.22. The highest BCUT2D eigenvalue weighted by Crippen LogP contribution is 2.32. The van der Waals surface area contributed by atoms with Crippen LogP contribution in [0, 0.1) is 11.7 Å². The summed E-state index contributed by atoms with van der Waals surface area (Å²) < 4.78 is 19.0. The number of rotatable bonds is 6. The Labute approximate surface area is 109 Å². The van der Waals surface area contributed by atoms with E-state index in [-0.39, 0.29) is 11.9 Å². The van der Waals surface area contributed by atoms with Gasteiger partial charge >= 0.3 is 0 Å². The van der Waals surface area contributed by atoms with Crippen LogP contribution in [0.3, 0.4) is 0 Å². The summed E-state index contributed by atoms with van der Waals surface area (Å²) in [5, 5.41) is 3.39. The molecule has 0 bridgehead atoms. The fourth-order valence-corrected chi connectivity index (χ4v) is 2.54. The maximum absolute atomic E-state index is 13.1. The van der Waals surface area contributed by atoms with Crippen LogP contribution in [0.5, 0.6) is 5.75 Å². The van der Waals surface area contributed by atoms with Crippen LogP contribution in [0.4, 0.5) is 4.39 Å². The van der Waals surface area contributed by atoms with Gasteiger partial charge in [-0.05, 0) is 43.6 Å². The minimum absolute atomic E-state index is 0.169. The van der Waals surface area contributed by atoms with Crippen LogP contribution in [0.1, 0.15) is 32.3 Å². The van der Waals surface area contributed by atoms with Crippen LogP contribution in [-0.2, 0) is 6.42 Å². The van der Waals surface area contributed by atoms with Gasteiger partial charge in [-0.3, -0.25) is 0 Å². The van der Waals surface area contributed by atoms with E-state index in [9.17, 15) is 4.39 Å². The monoisotopic (exact) mass is 251 g/mol. The molecular weight excluding hydrogens is 229 g/mol. The van der Waals surface area contributed by atoms with Crippen molar-refractivity contribution in [2.45, 2.75) is 39.2 Å². The van der Waals surface area contributed by atoms with Crippen molar-refractivity contribution in [1.29, 1.82) is 0 Å². The van der Waals surface area contributed by atoms with Crippen molar-refractivity contribution in [3.05, 3.63) is 29.6 Å². The van der Waals surface area contributed by atoms with Gasteiger partial charge in [0.1, 0.15) is 17.7 Å². The lowest BCUT2D eigenvalue weighted by Gasteiger charge is -2.19. The predicted octanol–water partition coefficient (Wildman–Crippen LogP) is 3.16. The van der Waals surface area contributed by atoms with Gasteiger partial charge in [-0.25, -0.2) is 4.39 Å². The van der Waals surface area contributed by atoms with Gasteiger partial charge in [0.2, 0.25) is 0 Å². The Balaban J connectivity index is 1.90. The van der Waals surface area contributed by atoms with E-state index in [1.807, 2.05) is 0 Å². The second-order valence-electron chi connectivity index (χ2n) is 5.01. The van der Waals surface area contributed by atoms with E-state index >= 15 is 0 Å². The summed E-state index contributed by atoms with van der Waals surface area (Å²) >= 11 is 0. The Morgan fingerprint density at radius 2 is 2.28 bits per heavy atom. The Kier molecular flexibility index (Phi) is 4.59. The van der Waals surface area contributed by atoms with Gasteiger partial charge in [0.15, 0.2) is 0 Å². The highest BCUT2D eigenvalue weighted by Gasteiger charge is 2.25. The molecular formula is C15H22FNO. The van der Waals surface area contributed by atoms with E-state index in [1.165, 1.54) is 6.07 Å². The molecule has 0 radical (unpaired) electrons. The molecule has 0 fully saturated rings. The van der Waals surface area contributed by atoms with Crippen LogP contribution in [-0.4, -0.2) is 19.2 Å². The third-order valence-electron chi connectivity index (χ3n) is 3.62. The molecule has 100 valence electrons. The molecule has 0 saturated heterocycles. The Morgan fingerprint density at radius 3 is 3.00 bits per heavy atom. The number of ether oxygens (including phenoxy) is 1. The van der Waals surface area contributed by atoms with Crippen LogP contribution in [0.2, 0.25) is 0 Å². The summed E-state index contributed by atoms with van der Waals surface area (Å²) in [6.45, 7) is 6.38. The lowest BCUT2D eigenvalue weighted by Crippen LogP contribution is -2.27. The molecule has 18 heavy (non-hydrogen) atoms. The van der Waals surface area contributed by atoms with Crippen LogP contribution in [0.15, 0.2) is 18.2 Å². The third-order valence-corrected chi connectivity index (χ3v) is 3.62. The van der Waals surface area contributed by atoms with Crippen molar-refractivity contribution in [3.63, 3.8) is 0 Å². The smallest absolute Gasteiger partial charge is 0.123 e. The molecule has 2 nitrogen and oxygen atoms in total. The molecule has 1 heterocycles. The zero-order valence-electron chi connectivity index (χ0n) is 11.2. The van der Waals surface area contributed by atoms with Crippen molar-refractivity contribution in [1.82, 2.24) is 5.32 Å². The molecule has 0 amide bonds. The number of nitrogens with one attached hydrogen (secondary N) is 1. The van der Waals surface area contributed by atoms with Gasteiger partial charge in [0.05, 0.1) is 0 Å². The second kappa shape index (κ2) is 6.19. The van der Waals surface area contributed by atoms with Gasteiger partial charge in [-0.1, -0.05) is 20.3 Å². The molecule has 1 aliphatic heterocycles. The number of hydrogen-bond donors (Lipinski definition) is 1. The minimum Gasteiger partial charge on any atom is -0.490 e. The standard InChI is InChI=1S/C15H22FNO/c1-3-11(10-17-4-2)7-14-9-12-8-13(16)5-6-15(12)18-14/h5-6,8,11,14,17H,3-4,7,9-10H2,1-2H3. The minimum atomic E-state index is -0.169. The fraction of sp³-hybridized carbons (Fsp3) is 0.600. The second-order valence-corrected chi connectivity index (χ2v) is 5.01. The van der Waals surface area contributed by atoms with Gasteiger partial charge in [0.25, 0.3) is 0 Å². The van der Waals surface area contributed by atoms with Crippen LogP contribution in [0.25, 0.3) is 0 Å². The van der Waals surface area contributed by atoms with Crippen molar-refractivity contribution in [2.24, 2.45) is 5.92 Å². The summed E-state index contributed by atoms with van der Waals surface area (Å²) in [7, 11) is 0. The topological polar surface area (TPSA) is 21.3 Å². The molecule has 0 aromatic heterocycles. The molecule has 2 rings (SSSR count). The largest absolute Gasteiger partial charge is 0.490 e. The van der Waals surface area contributed by atoms with Gasteiger partial charge in [-0.15, -0.1) is 0 Å². The lowest BCUT2D eigenvalue weighted by atomic mass is 9.96. The molecule has 1 N–H and O–H groups in total. The van der Waals surface area contributed by atoms with E-state index < -0.39 is 0 Å². The Bertz CT molecular complexity index is 394. The average molecular weight is 251 g/mol. The molecule has 1 aromatic carbocycles. The maximum atomic E-state index is 13.1. The number of halogens is 1. The summed E-state index contributed by atoms with van der Waals surface area (Å²) in [5.41, 5.74) is 1.01. The van der Waals surface area contributed by atoms with E-state index in [0.717, 1.165) is 43.7 Å². The molecule has 0 aliphatic carbocycles. The summed E-state index contributed by atoms with van der Waals surface area (Å²) in [6.07, 6.45) is 3.25. The van der Waals surface area contributed by atoms with Crippen molar-refractivity contribution in [2.75, 3.05) is 13.1 Å². The summed E-state index contributed by atoms with van der Waals surface area (Å²) in [5.74, 6) is 1.33. The Morgan fingerprint density at radius 1 is 1.44 bits per heavy atom. The van der Waals surface area contributed by atoms with E-state index in [0.29, 0.717) is 5.92 Å². The van der Waals surface area contributed by atoms with E-state index in [2.05, 4.69) is 19.2 Å². The molecule has 3 heteroatoms. The van der Waals surface area contributed by atoms with Gasteiger partial charge < -0.3 is 10.1 Å². The summed E-state index contributed by atoms with van der Waals surface area (Å²) in [4.78, 5) is 0. The normalized spacial score (nSPS) is 19.4. The number of hydrogen-bond acceptors (Lipinski definition) is 2. The molecule has 2 unspecified atom stereocenters. The first-order chi connectivity index (χ1) is 8.72. The summed E-state index contributed by atoms with van der Waals surface area (Å²) in [6, 6.07) is 4.81. The molecule has 0 saturated carbocycles. The average Bonchev–Trinajstić information content (AvgIpc) is 2.75. The molecule has 1 aliphatic rings. The fourth-order valence-electron chi connectivity index (χ4n) is 2.54. The molecule has 0 spiro atoms. The van der Waals surface area contributed by atoms with Crippen LogP contribution >= 0.6 is 0 Å². The van der Waals surface area contributed by atoms with E-state index in [1.54, 1.807) is 12.1 Å². The first kappa shape index (κ1) is 13.3. The Hall–Kier alpha value is -1.09. The highest BCUT2D eigenvalue weighted by molar-refractivity contribution is 5.37. The SMILES string of the molecule is CCNCC(CC)CC1Cc2cc(F)ccc2O1. The van der Waals surface area contributed by atoms with Crippen LogP contribution < -0.4 is 10.1 Å². The van der Waals surface area contributed by atoms with Crippen molar-refractivity contribution >= 4 is 0 Å². The number of fused-ring (bicyclic) bond motifs is 1. The quantitative estimate of drug-likeness (QED) is 0.838. The lowest BCUT2D eigenvalue weighted by molar-refractivity contribution is 0.190. The van der Waals surface area contributed by atoms with Gasteiger partial charge in [-0.2, -0.15) is 0 Å². The first-order valence-corrected chi connectivity index (χ1v) is 6.88. The van der Waals surface area contributed by atoms with Crippen molar-refractivity contribution in [3.8, 4) is 5.75 Å². The number of benzene rings is 1. The predicted molar refractivity (Wildman–Crippen MR) is 71.5 cm³/mol. The highest BCUT2D eigenvalue weighted by atomic mass is 19.1. The van der Waals surface area contributed by atoms with Gasteiger partial charge in [0, 0.05) is 12.0 Å². The molecule has 2 atom stereocenters. The van der Waals surface area contributed by atoms with E-state index in [4.69, 9.17) is 4.74 Å². The zero-order valence-corrected chi connectivity index (χ0v) is 11.2. The first-order valence-electron chi connectivity index (χ1n) is 6.88. The van der Waals surface area contributed by atoms with Crippen molar-refractivity contribution < 1.29 is 9.13 Å².